The van der Waals surface area contributed by atoms with Crippen LogP contribution in [0.25, 0.3) is 11.3 Å². The van der Waals surface area contributed by atoms with Crippen LogP contribution in [0.3, 0.4) is 0 Å². The third-order valence-electron chi connectivity index (χ3n) is 2.49. The summed E-state index contributed by atoms with van der Waals surface area (Å²) in [5, 5.41) is -0.00585. The average Bonchev–Trinajstić information content (AvgIpc) is 2.41. The van der Waals surface area contributed by atoms with E-state index in [9.17, 15) is 13.2 Å². The molecule has 108 valence electrons. The summed E-state index contributed by atoms with van der Waals surface area (Å²) in [6, 6.07) is 8.15. The lowest BCUT2D eigenvalue weighted by atomic mass is 10.1. The Bertz CT molecular complexity index is 562. The Balaban J connectivity index is 0.000000956. The molecular weight excluding hydrogens is 287 g/mol. The molecule has 0 radical (unpaired) electrons. The number of alkyl halides is 3. The van der Waals surface area contributed by atoms with E-state index in [0.717, 1.165) is 17.8 Å². The highest BCUT2D eigenvalue weighted by Gasteiger charge is 2.31. The molecule has 1 aromatic carbocycles. The molecule has 0 aliphatic rings. The predicted octanol–water partition coefficient (Wildman–Crippen LogP) is 5.76. The molecule has 0 saturated heterocycles. The van der Waals surface area contributed by atoms with Crippen molar-refractivity contribution in [2.45, 2.75) is 26.9 Å². The first-order valence-corrected chi connectivity index (χ1v) is 6.55. The van der Waals surface area contributed by atoms with Crippen LogP contribution in [-0.2, 0) is 6.18 Å². The summed E-state index contributed by atoms with van der Waals surface area (Å²) >= 11 is 5.85. The maximum absolute atomic E-state index is 12.5. The predicted molar refractivity (Wildman–Crippen MR) is 75.8 cm³/mol. The van der Waals surface area contributed by atoms with Gasteiger partial charge < -0.3 is 0 Å². The molecule has 20 heavy (non-hydrogen) atoms. The van der Waals surface area contributed by atoms with Crippen LogP contribution in [0.2, 0.25) is 5.02 Å². The maximum Gasteiger partial charge on any atom is 0.417 e. The molecule has 0 unspecified atom stereocenters. The van der Waals surface area contributed by atoms with Crippen LogP contribution in [0.1, 0.15) is 25.0 Å². The minimum atomic E-state index is -4.43. The Hall–Kier alpha value is -1.55. The summed E-state index contributed by atoms with van der Waals surface area (Å²) < 4.78 is 37.4. The first kappa shape index (κ1) is 16.5. The molecule has 0 N–H and O–H groups in total. The molecule has 0 spiro atoms. The second-order valence-corrected chi connectivity index (χ2v) is 4.33. The Morgan fingerprint density at radius 2 is 1.60 bits per heavy atom. The van der Waals surface area contributed by atoms with E-state index in [1.165, 1.54) is 0 Å². The first-order valence-electron chi connectivity index (χ1n) is 6.18. The van der Waals surface area contributed by atoms with Gasteiger partial charge in [0.25, 0.3) is 0 Å². The van der Waals surface area contributed by atoms with Gasteiger partial charge >= 0.3 is 6.18 Å². The summed E-state index contributed by atoms with van der Waals surface area (Å²) in [5.74, 6) is 0. The molecule has 0 aliphatic carbocycles. The molecule has 0 bridgehead atoms. The van der Waals surface area contributed by atoms with E-state index in [4.69, 9.17) is 11.6 Å². The average molecular weight is 302 g/mol. The van der Waals surface area contributed by atoms with Gasteiger partial charge in [-0.3, -0.25) is 4.98 Å². The van der Waals surface area contributed by atoms with Crippen molar-refractivity contribution in [3.8, 4) is 11.3 Å². The van der Waals surface area contributed by atoms with Crippen molar-refractivity contribution in [1.82, 2.24) is 4.98 Å². The third-order valence-corrected chi connectivity index (χ3v) is 2.78. The van der Waals surface area contributed by atoms with E-state index in [2.05, 4.69) is 4.98 Å². The summed E-state index contributed by atoms with van der Waals surface area (Å²) in [6.07, 6.45) is -3.64. The van der Waals surface area contributed by atoms with Crippen LogP contribution in [0.15, 0.2) is 36.5 Å². The molecule has 1 aromatic heterocycles. The summed E-state index contributed by atoms with van der Waals surface area (Å²) in [5.41, 5.74) is 1.26. The monoisotopic (exact) mass is 301 g/mol. The highest BCUT2D eigenvalue weighted by atomic mass is 35.5. The number of aryl methyl sites for hydroxylation is 1. The number of hydrogen-bond acceptors (Lipinski definition) is 1. The van der Waals surface area contributed by atoms with Crippen LogP contribution in [0, 0.1) is 6.92 Å². The van der Waals surface area contributed by atoms with Gasteiger partial charge in [-0.1, -0.05) is 55.3 Å². The zero-order chi connectivity index (χ0) is 15.3. The molecule has 0 saturated carbocycles. The van der Waals surface area contributed by atoms with Crippen LogP contribution in [-0.4, -0.2) is 4.98 Å². The SMILES string of the molecule is CC.Cc1ccc(-c2ncc(C(F)(F)F)cc2Cl)cc1. The molecular formula is C15H15ClF3N. The van der Waals surface area contributed by atoms with E-state index >= 15 is 0 Å². The smallest absolute Gasteiger partial charge is 0.254 e. The molecule has 0 amide bonds. The molecule has 0 fully saturated rings. The number of aromatic nitrogens is 1. The van der Waals surface area contributed by atoms with Gasteiger partial charge in [0.15, 0.2) is 0 Å². The summed E-state index contributed by atoms with van der Waals surface area (Å²) in [4.78, 5) is 3.79. The Morgan fingerprint density at radius 1 is 1.05 bits per heavy atom. The van der Waals surface area contributed by atoms with E-state index in [1.54, 1.807) is 12.1 Å². The summed E-state index contributed by atoms with van der Waals surface area (Å²) in [6.45, 7) is 5.92. The van der Waals surface area contributed by atoms with Gasteiger partial charge in [0.1, 0.15) is 0 Å². The lowest BCUT2D eigenvalue weighted by Crippen LogP contribution is -2.05. The molecule has 5 heteroatoms. The molecule has 2 rings (SSSR count). The van der Waals surface area contributed by atoms with Crippen LogP contribution in [0.4, 0.5) is 13.2 Å². The van der Waals surface area contributed by atoms with E-state index in [1.807, 2.05) is 32.9 Å². The van der Waals surface area contributed by atoms with E-state index in [0.29, 0.717) is 11.3 Å². The van der Waals surface area contributed by atoms with Gasteiger partial charge in [-0.15, -0.1) is 0 Å². The standard InChI is InChI=1S/C13H9ClF3N.C2H6/c1-8-2-4-9(5-3-8)12-11(14)6-10(7-18-12)13(15,16)17;1-2/h2-7H,1H3;1-2H3. The fourth-order valence-corrected chi connectivity index (χ4v) is 1.79. The second kappa shape index (κ2) is 6.75. The highest BCUT2D eigenvalue weighted by molar-refractivity contribution is 6.33. The lowest BCUT2D eigenvalue weighted by Gasteiger charge is -2.09. The first-order chi connectivity index (χ1) is 9.38. The molecule has 0 atom stereocenters. The van der Waals surface area contributed by atoms with Gasteiger partial charge in [0.2, 0.25) is 0 Å². The Labute approximate surface area is 121 Å². The second-order valence-electron chi connectivity index (χ2n) is 3.92. The topological polar surface area (TPSA) is 12.9 Å². The largest absolute Gasteiger partial charge is 0.417 e. The maximum atomic E-state index is 12.5. The molecule has 1 nitrogen and oxygen atoms in total. The number of pyridine rings is 1. The molecule has 0 aliphatic heterocycles. The number of benzene rings is 1. The van der Waals surface area contributed by atoms with Crippen LogP contribution < -0.4 is 0 Å². The number of halogens is 4. The van der Waals surface area contributed by atoms with Crippen molar-refractivity contribution in [3.05, 3.63) is 52.7 Å². The zero-order valence-corrected chi connectivity index (χ0v) is 12.2. The van der Waals surface area contributed by atoms with Gasteiger partial charge in [-0.2, -0.15) is 13.2 Å². The number of nitrogens with zero attached hydrogens (tertiary/aromatic N) is 1. The van der Waals surface area contributed by atoms with Crippen molar-refractivity contribution in [2.24, 2.45) is 0 Å². The van der Waals surface area contributed by atoms with E-state index in [-0.39, 0.29) is 5.02 Å². The number of rotatable bonds is 1. The molecule has 1 heterocycles. The van der Waals surface area contributed by atoms with Gasteiger partial charge in [0, 0.05) is 11.8 Å². The normalized spacial score (nSPS) is 10.8. The quantitative estimate of drug-likeness (QED) is 0.653. The zero-order valence-electron chi connectivity index (χ0n) is 11.4. The minimum absolute atomic E-state index is 0.00585. The van der Waals surface area contributed by atoms with Crippen LogP contribution in [0.5, 0.6) is 0 Å². The Morgan fingerprint density at radius 3 is 2.05 bits per heavy atom. The number of hydrogen-bond donors (Lipinski definition) is 0. The Kier molecular flexibility index (Phi) is 5.57. The molecule has 2 aromatic rings. The van der Waals surface area contributed by atoms with Crippen LogP contribution >= 0.6 is 11.6 Å². The third kappa shape index (κ3) is 3.97. The summed E-state index contributed by atoms with van der Waals surface area (Å²) in [7, 11) is 0. The minimum Gasteiger partial charge on any atom is -0.254 e. The van der Waals surface area contributed by atoms with Crippen molar-refractivity contribution >= 4 is 11.6 Å². The van der Waals surface area contributed by atoms with Gasteiger partial charge in [0.05, 0.1) is 16.3 Å². The fraction of sp³-hybridized carbons (Fsp3) is 0.267. The lowest BCUT2D eigenvalue weighted by molar-refractivity contribution is -0.137. The van der Waals surface area contributed by atoms with Gasteiger partial charge in [-0.05, 0) is 13.0 Å². The van der Waals surface area contributed by atoms with Crippen molar-refractivity contribution in [1.29, 1.82) is 0 Å². The van der Waals surface area contributed by atoms with Crippen molar-refractivity contribution < 1.29 is 13.2 Å². The van der Waals surface area contributed by atoms with Crippen molar-refractivity contribution in [2.75, 3.05) is 0 Å². The fourth-order valence-electron chi connectivity index (χ4n) is 1.52. The van der Waals surface area contributed by atoms with Gasteiger partial charge in [-0.25, -0.2) is 0 Å². The highest BCUT2D eigenvalue weighted by Crippen LogP contribution is 2.33. The van der Waals surface area contributed by atoms with Crippen molar-refractivity contribution in [3.63, 3.8) is 0 Å². The van der Waals surface area contributed by atoms with E-state index < -0.39 is 11.7 Å².